The Labute approximate surface area is 227 Å². The van der Waals surface area contributed by atoms with E-state index in [-0.39, 0.29) is 12.6 Å². The number of thiazole rings is 1. The van der Waals surface area contributed by atoms with Crippen molar-refractivity contribution in [2.24, 2.45) is 5.92 Å². The van der Waals surface area contributed by atoms with Gasteiger partial charge in [0.2, 0.25) is 5.95 Å². The van der Waals surface area contributed by atoms with Crippen LogP contribution in [0, 0.1) is 12.8 Å². The highest BCUT2D eigenvalue weighted by Crippen LogP contribution is 2.38. The molecule has 4 aromatic heterocycles. The van der Waals surface area contributed by atoms with Crippen LogP contribution in [0.1, 0.15) is 30.6 Å². The number of benzene rings is 1. The van der Waals surface area contributed by atoms with E-state index < -0.39 is 24.2 Å². The van der Waals surface area contributed by atoms with Crippen molar-refractivity contribution in [1.29, 1.82) is 0 Å². The van der Waals surface area contributed by atoms with E-state index in [4.69, 9.17) is 15.0 Å². The van der Waals surface area contributed by atoms with Gasteiger partial charge in [0.15, 0.2) is 0 Å². The van der Waals surface area contributed by atoms with E-state index in [1.54, 1.807) is 23.7 Å². The monoisotopic (exact) mass is 548 g/mol. The quantitative estimate of drug-likeness (QED) is 0.201. The van der Waals surface area contributed by atoms with Gasteiger partial charge >= 0.3 is 0 Å². The third kappa shape index (κ3) is 4.50. The molecule has 0 bridgehead atoms. The normalized spacial score (nSPS) is 22.2. The first-order valence-corrected chi connectivity index (χ1v) is 14.2. The molecule has 9 nitrogen and oxygen atoms in total. The molecule has 0 amide bonds. The second-order valence-corrected chi connectivity index (χ2v) is 11.6. The molecule has 1 unspecified atom stereocenters. The lowest BCUT2D eigenvalue weighted by atomic mass is 10.1. The molecule has 0 aliphatic heterocycles. The van der Waals surface area contributed by atoms with Gasteiger partial charge in [-0.15, -0.1) is 22.7 Å². The minimum absolute atomic E-state index is 0.0459. The summed E-state index contributed by atoms with van der Waals surface area (Å²) in [5.74, 6) is 0.558. The third-order valence-corrected chi connectivity index (χ3v) is 9.21. The molecule has 11 heteroatoms. The number of anilines is 2. The zero-order valence-corrected chi connectivity index (χ0v) is 22.5. The average molecular weight is 549 g/mol. The molecule has 5 atom stereocenters. The zero-order valence-electron chi connectivity index (χ0n) is 20.9. The second kappa shape index (κ2) is 10.2. The molecule has 5 N–H and O–H groups in total. The standard InChI is InChI=1S/C27H28N6O3S2/c1-13(17-12-37-20-6-4-3-5-16(17)20)29-27-30-14(2)22(26-32-19-10-28-8-7-21(19)38-26)25(33-27)31-18-9-15(11-34)23(35)24(18)36/h3-8,10,12-13,15,18,23-24,34-36H,9,11H2,1-2H3,(H2,29,30,31,33)/t13-,15-,18?,23-,24+/m1/s1. The molecule has 1 aromatic carbocycles. The number of nitrogens with zero attached hydrogens (tertiary/aromatic N) is 4. The van der Waals surface area contributed by atoms with Crippen molar-refractivity contribution < 1.29 is 15.3 Å². The van der Waals surface area contributed by atoms with Crippen LogP contribution in [0.25, 0.3) is 30.9 Å². The van der Waals surface area contributed by atoms with Gasteiger partial charge in [-0.25, -0.2) is 9.97 Å². The molecule has 196 valence electrons. The van der Waals surface area contributed by atoms with Crippen molar-refractivity contribution in [2.45, 2.75) is 44.6 Å². The summed E-state index contributed by atoms with van der Waals surface area (Å²) in [4.78, 5) is 18.6. The summed E-state index contributed by atoms with van der Waals surface area (Å²) in [6.45, 7) is 3.80. The fourth-order valence-electron chi connectivity index (χ4n) is 5.11. The van der Waals surface area contributed by atoms with Crippen molar-refractivity contribution in [3.05, 3.63) is 59.4 Å². The highest BCUT2D eigenvalue weighted by molar-refractivity contribution is 7.21. The van der Waals surface area contributed by atoms with Crippen molar-refractivity contribution in [2.75, 3.05) is 17.2 Å². The number of aliphatic hydroxyl groups excluding tert-OH is 3. The Bertz CT molecular complexity index is 1570. The van der Waals surface area contributed by atoms with Crippen LogP contribution >= 0.6 is 22.7 Å². The van der Waals surface area contributed by atoms with Gasteiger partial charge in [0, 0.05) is 23.4 Å². The molecule has 0 saturated heterocycles. The third-order valence-electron chi connectivity index (χ3n) is 7.18. The number of aryl methyl sites for hydroxylation is 1. The smallest absolute Gasteiger partial charge is 0.225 e. The summed E-state index contributed by atoms with van der Waals surface area (Å²) in [6, 6.07) is 9.70. The highest BCUT2D eigenvalue weighted by Gasteiger charge is 2.41. The van der Waals surface area contributed by atoms with E-state index in [0.717, 1.165) is 26.5 Å². The minimum Gasteiger partial charge on any atom is -0.396 e. The van der Waals surface area contributed by atoms with Crippen molar-refractivity contribution in [1.82, 2.24) is 19.9 Å². The number of thiophene rings is 1. The van der Waals surface area contributed by atoms with Gasteiger partial charge in [-0.2, -0.15) is 4.98 Å². The maximum atomic E-state index is 10.7. The topological polar surface area (TPSA) is 136 Å². The van der Waals surface area contributed by atoms with Gasteiger partial charge < -0.3 is 26.0 Å². The Morgan fingerprint density at radius 2 is 1.92 bits per heavy atom. The van der Waals surface area contributed by atoms with Gasteiger partial charge in [0.05, 0.1) is 40.3 Å². The first-order valence-electron chi connectivity index (χ1n) is 12.5. The first kappa shape index (κ1) is 25.1. The van der Waals surface area contributed by atoms with Gasteiger partial charge in [-0.1, -0.05) is 18.2 Å². The van der Waals surface area contributed by atoms with Gasteiger partial charge in [-0.05, 0) is 48.7 Å². The number of aliphatic hydroxyl groups is 3. The van der Waals surface area contributed by atoms with E-state index in [0.29, 0.717) is 18.2 Å². The lowest BCUT2D eigenvalue weighted by molar-refractivity contribution is 0.00446. The molecular formula is C27H28N6O3S2. The van der Waals surface area contributed by atoms with E-state index in [1.807, 2.05) is 25.1 Å². The van der Waals surface area contributed by atoms with Crippen LogP contribution in [0.5, 0.6) is 0 Å². The number of fused-ring (bicyclic) bond motifs is 2. The molecule has 38 heavy (non-hydrogen) atoms. The molecular weight excluding hydrogens is 520 g/mol. The van der Waals surface area contributed by atoms with Crippen LogP contribution in [0.3, 0.4) is 0 Å². The SMILES string of the molecule is Cc1nc(N[C@H](C)c2csc3ccccc23)nc(NC2C[C@H](CO)[C@@H](O)[C@H]2O)c1-c1nc2cnccc2s1. The van der Waals surface area contributed by atoms with Crippen LogP contribution in [0.2, 0.25) is 0 Å². The summed E-state index contributed by atoms with van der Waals surface area (Å²) in [7, 11) is 0. The molecule has 0 spiro atoms. The zero-order chi connectivity index (χ0) is 26.4. The molecule has 1 saturated carbocycles. The summed E-state index contributed by atoms with van der Waals surface area (Å²) < 4.78 is 2.22. The minimum atomic E-state index is -1.04. The molecule has 5 aromatic rings. The van der Waals surface area contributed by atoms with E-state index >= 15 is 0 Å². The summed E-state index contributed by atoms with van der Waals surface area (Å²) >= 11 is 3.23. The summed E-state index contributed by atoms with van der Waals surface area (Å²) in [6.07, 6.45) is 1.82. The molecule has 4 heterocycles. The second-order valence-electron chi connectivity index (χ2n) is 9.68. The Hall–Kier alpha value is -3.22. The predicted octanol–water partition coefficient (Wildman–Crippen LogP) is 4.36. The fraction of sp³-hybridized carbons (Fsp3) is 0.333. The van der Waals surface area contributed by atoms with Crippen molar-refractivity contribution in [3.8, 4) is 10.6 Å². The molecule has 1 aliphatic rings. The Balaban J connectivity index is 1.39. The maximum absolute atomic E-state index is 10.7. The van der Waals surface area contributed by atoms with E-state index in [2.05, 4.69) is 40.1 Å². The highest BCUT2D eigenvalue weighted by atomic mass is 32.1. The maximum Gasteiger partial charge on any atom is 0.225 e. The number of hydrogen-bond acceptors (Lipinski definition) is 11. The lowest BCUT2D eigenvalue weighted by Gasteiger charge is -2.22. The van der Waals surface area contributed by atoms with Crippen LogP contribution in [-0.2, 0) is 0 Å². The van der Waals surface area contributed by atoms with E-state index in [1.165, 1.54) is 27.0 Å². The Kier molecular flexibility index (Phi) is 6.70. The Morgan fingerprint density at radius 3 is 2.71 bits per heavy atom. The van der Waals surface area contributed by atoms with Gasteiger partial charge in [-0.3, -0.25) is 4.98 Å². The van der Waals surface area contributed by atoms with Gasteiger partial charge in [0.25, 0.3) is 0 Å². The molecule has 0 radical (unpaired) electrons. The largest absolute Gasteiger partial charge is 0.396 e. The van der Waals surface area contributed by atoms with E-state index in [9.17, 15) is 15.3 Å². The number of nitrogens with one attached hydrogen (secondary N) is 2. The molecule has 1 aliphatic carbocycles. The first-order chi connectivity index (χ1) is 18.4. The van der Waals surface area contributed by atoms with Crippen LogP contribution < -0.4 is 10.6 Å². The summed E-state index contributed by atoms with van der Waals surface area (Å²) in [5, 5.41) is 41.7. The fourth-order valence-corrected chi connectivity index (χ4v) is 7.20. The Morgan fingerprint density at radius 1 is 1.08 bits per heavy atom. The summed E-state index contributed by atoms with van der Waals surface area (Å²) in [5.41, 5.74) is 3.42. The van der Waals surface area contributed by atoms with Crippen molar-refractivity contribution >= 4 is 54.7 Å². The number of pyridine rings is 1. The molecule has 1 fully saturated rings. The van der Waals surface area contributed by atoms with Crippen LogP contribution in [0.15, 0.2) is 48.1 Å². The predicted molar refractivity (Wildman–Crippen MR) is 152 cm³/mol. The number of rotatable bonds is 7. The van der Waals surface area contributed by atoms with Gasteiger partial charge in [0.1, 0.15) is 22.4 Å². The average Bonchev–Trinajstić information content (AvgIpc) is 3.60. The van der Waals surface area contributed by atoms with Crippen LogP contribution in [-0.4, -0.2) is 60.1 Å². The number of hydrogen-bond donors (Lipinski definition) is 5. The number of aromatic nitrogens is 4. The van der Waals surface area contributed by atoms with Crippen molar-refractivity contribution in [3.63, 3.8) is 0 Å². The van der Waals surface area contributed by atoms with Crippen LogP contribution in [0.4, 0.5) is 11.8 Å². The molecule has 6 rings (SSSR count). The lowest BCUT2D eigenvalue weighted by Crippen LogP contribution is -2.35.